The molecule has 0 unspecified atom stereocenters. The van der Waals surface area contributed by atoms with Gasteiger partial charge >= 0.3 is 5.97 Å². The Morgan fingerprint density at radius 2 is 1.95 bits per heavy atom. The summed E-state index contributed by atoms with van der Waals surface area (Å²) in [4.78, 5) is 25.6. The number of nitrogens with one attached hydrogen (secondary N) is 1. The third-order valence-electron chi connectivity index (χ3n) is 3.62. The molecule has 1 aromatic carbocycles. The lowest BCUT2D eigenvalue weighted by Crippen LogP contribution is -2.25. The molecule has 22 heavy (non-hydrogen) atoms. The molecule has 0 aliphatic heterocycles. The van der Waals surface area contributed by atoms with E-state index in [2.05, 4.69) is 11.4 Å². The number of ether oxygens (including phenoxy) is 1. The van der Waals surface area contributed by atoms with Gasteiger partial charge in [-0.2, -0.15) is 0 Å². The van der Waals surface area contributed by atoms with Crippen molar-refractivity contribution < 1.29 is 14.3 Å². The van der Waals surface area contributed by atoms with E-state index < -0.39 is 0 Å². The molecule has 5 nitrogen and oxygen atoms in total. The highest BCUT2D eigenvalue weighted by Gasteiger charge is 2.20. The Balaban J connectivity index is 1.77. The number of carbonyl (C=O) groups is 2. The largest absolute Gasteiger partial charge is 0.455 e. The molecule has 1 amide bonds. The number of hydrogen-bond acceptors (Lipinski definition) is 4. The number of esters is 1. The predicted octanol–water partition coefficient (Wildman–Crippen LogP) is 2.59. The molecular weight excluding hydrogens is 280 g/mol. The Bertz CT molecular complexity index is 550. The molecule has 0 saturated heterocycles. The van der Waals surface area contributed by atoms with E-state index in [-0.39, 0.29) is 24.4 Å². The van der Waals surface area contributed by atoms with Crippen LogP contribution in [0, 0.1) is 5.92 Å². The number of nitrogens with zero attached hydrogens (tertiary/aromatic N) is 1. The maximum Gasteiger partial charge on any atom is 0.309 e. The van der Waals surface area contributed by atoms with Crippen molar-refractivity contribution in [1.29, 1.82) is 0 Å². The van der Waals surface area contributed by atoms with E-state index >= 15 is 0 Å². The molecule has 1 aromatic rings. The molecule has 0 heterocycles. The van der Waals surface area contributed by atoms with Crippen molar-refractivity contribution in [2.75, 3.05) is 30.9 Å². The number of anilines is 2. The van der Waals surface area contributed by atoms with Crippen LogP contribution in [0.3, 0.4) is 0 Å². The summed E-state index contributed by atoms with van der Waals surface area (Å²) in [5.41, 5.74) is 1.74. The summed E-state index contributed by atoms with van der Waals surface area (Å²) in [5, 5.41) is 2.72. The molecule has 1 N–H and O–H groups in total. The van der Waals surface area contributed by atoms with Crippen molar-refractivity contribution in [3.8, 4) is 0 Å². The van der Waals surface area contributed by atoms with Crippen LogP contribution in [0.2, 0.25) is 0 Å². The summed E-state index contributed by atoms with van der Waals surface area (Å²) in [7, 11) is 3.90. The van der Waals surface area contributed by atoms with Gasteiger partial charge in [0, 0.05) is 25.5 Å². The highest BCUT2D eigenvalue weighted by atomic mass is 16.5. The van der Waals surface area contributed by atoms with Crippen LogP contribution in [0.1, 0.15) is 19.3 Å². The van der Waals surface area contributed by atoms with E-state index in [1.54, 1.807) is 0 Å². The Labute approximate surface area is 130 Å². The van der Waals surface area contributed by atoms with Gasteiger partial charge in [0.05, 0.1) is 5.92 Å². The molecule has 0 radical (unpaired) electrons. The number of hydrogen-bond donors (Lipinski definition) is 1. The van der Waals surface area contributed by atoms with Gasteiger partial charge in [0.2, 0.25) is 0 Å². The topological polar surface area (TPSA) is 58.6 Å². The zero-order valence-electron chi connectivity index (χ0n) is 13.0. The Morgan fingerprint density at radius 3 is 2.55 bits per heavy atom. The third-order valence-corrected chi connectivity index (χ3v) is 3.62. The molecule has 5 heteroatoms. The van der Waals surface area contributed by atoms with Gasteiger partial charge in [-0.05, 0) is 43.5 Å². The van der Waals surface area contributed by atoms with Gasteiger partial charge in [-0.15, -0.1) is 0 Å². The third kappa shape index (κ3) is 4.62. The molecule has 118 valence electrons. The number of carbonyl (C=O) groups excluding carboxylic acids is 2. The second-order valence-corrected chi connectivity index (χ2v) is 5.58. The maximum absolute atomic E-state index is 11.8. The van der Waals surface area contributed by atoms with Gasteiger partial charge < -0.3 is 15.0 Å². The molecule has 0 aromatic heterocycles. The predicted molar refractivity (Wildman–Crippen MR) is 86.8 cm³/mol. The van der Waals surface area contributed by atoms with Crippen LogP contribution in [0.15, 0.2) is 36.4 Å². The lowest BCUT2D eigenvalue weighted by atomic mass is 9.95. The summed E-state index contributed by atoms with van der Waals surface area (Å²) >= 11 is 0. The fourth-order valence-corrected chi connectivity index (χ4v) is 2.30. The zero-order valence-corrected chi connectivity index (χ0v) is 13.0. The van der Waals surface area contributed by atoms with Crippen LogP contribution < -0.4 is 10.2 Å². The highest BCUT2D eigenvalue weighted by molar-refractivity contribution is 5.93. The van der Waals surface area contributed by atoms with Gasteiger partial charge in [0.15, 0.2) is 6.61 Å². The zero-order chi connectivity index (χ0) is 15.9. The molecular formula is C17H22N2O3. The van der Waals surface area contributed by atoms with Crippen molar-refractivity contribution >= 4 is 23.3 Å². The summed E-state index contributed by atoms with van der Waals surface area (Å²) < 4.78 is 5.08. The number of amides is 1. The van der Waals surface area contributed by atoms with Crippen LogP contribution in [0.4, 0.5) is 11.4 Å². The van der Waals surface area contributed by atoms with Crippen molar-refractivity contribution in [3.63, 3.8) is 0 Å². The molecule has 0 spiro atoms. The quantitative estimate of drug-likeness (QED) is 0.671. The van der Waals surface area contributed by atoms with E-state index in [1.807, 2.05) is 49.3 Å². The van der Waals surface area contributed by atoms with Crippen molar-refractivity contribution in [3.05, 3.63) is 36.4 Å². The van der Waals surface area contributed by atoms with Crippen molar-refractivity contribution in [1.82, 2.24) is 0 Å². The first-order valence-electron chi connectivity index (χ1n) is 7.45. The Kier molecular flexibility index (Phi) is 5.58. The second kappa shape index (κ2) is 7.64. The van der Waals surface area contributed by atoms with Gasteiger partial charge in [-0.3, -0.25) is 9.59 Å². The van der Waals surface area contributed by atoms with E-state index in [0.717, 1.165) is 18.5 Å². The molecule has 2 rings (SSSR count). The molecule has 1 atom stereocenters. The minimum absolute atomic E-state index is 0.114. The second-order valence-electron chi connectivity index (χ2n) is 5.58. The summed E-state index contributed by atoms with van der Waals surface area (Å²) in [6, 6.07) is 7.47. The van der Waals surface area contributed by atoms with E-state index in [1.165, 1.54) is 0 Å². The monoisotopic (exact) mass is 302 g/mol. The molecule has 0 saturated carbocycles. The van der Waals surface area contributed by atoms with Gasteiger partial charge in [0.1, 0.15) is 0 Å². The fraction of sp³-hybridized carbons (Fsp3) is 0.412. The van der Waals surface area contributed by atoms with Gasteiger partial charge in [0.25, 0.3) is 5.91 Å². The fourth-order valence-electron chi connectivity index (χ4n) is 2.30. The minimum atomic E-state index is -0.322. The van der Waals surface area contributed by atoms with Crippen molar-refractivity contribution in [2.24, 2.45) is 5.92 Å². The molecule has 0 bridgehead atoms. The Hall–Kier alpha value is -2.30. The molecule has 0 fully saturated rings. The lowest BCUT2D eigenvalue weighted by molar-refractivity contribution is -0.151. The summed E-state index contributed by atoms with van der Waals surface area (Å²) in [6.45, 7) is -0.242. The first kappa shape index (κ1) is 16.1. The van der Waals surface area contributed by atoms with Crippen LogP contribution in [0.5, 0.6) is 0 Å². The van der Waals surface area contributed by atoms with E-state index in [4.69, 9.17) is 4.74 Å². The van der Waals surface area contributed by atoms with Crippen LogP contribution in [-0.4, -0.2) is 32.6 Å². The summed E-state index contributed by atoms with van der Waals surface area (Å²) in [5.74, 6) is -0.725. The van der Waals surface area contributed by atoms with Crippen molar-refractivity contribution in [2.45, 2.75) is 19.3 Å². The maximum atomic E-state index is 11.8. The molecule has 1 aliphatic rings. The smallest absolute Gasteiger partial charge is 0.309 e. The van der Waals surface area contributed by atoms with Crippen LogP contribution >= 0.6 is 0 Å². The molecule has 1 aliphatic carbocycles. The van der Waals surface area contributed by atoms with E-state index in [9.17, 15) is 9.59 Å². The van der Waals surface area contributed by atoms with Gasteiger partial charge in [-0.25, -0.2) is 0 Å². The number of rotatable bonds is 5. The average molecular weight is 302 g/mol. The normalized spacial score (nSPS) is 16.9. The van der Waals surface area contributed by atoms with Crippen LogP contribution in [-0.2, 0) is 14.3 Å². The first-order chi connectivity index (χ1) is 10.6. The first-order valence-corrected chi connectivity index (χ1v) is 7.45. The van der Waals surface area contributed by atoms with E-state index in [0.29, 0.717) is 12.1 Å². The lowest BCUT2D eigenvalue weighted by Gasteiger charge is -2.16. The van der Waals surface area contributed by atoms with Crippen LogP contribution in [0.25, 0.3) is 0 Å². The number of benzene rings is 1. The van der Waals surface area contributed by atoms with Gasteiger partial charge in [-0.1, -0.05) is 12.2 Å². The Morgan fingerprint density at radius 1 is 1.23 bits per heavy atom. The summed E-state index contributed by atoms with van der Waals surface area (Å²) in [6.07, 6.45) is 6.44. The number of allylic oxidation sites excluding steroid dienone is 2. The minimum Gasteiger partial charge on any atom is -0.455 e. The standard InChI is InChI=1S/C17H22N2O3/c1-19(2)15-10-8-14(9-11-15)18-16(20)12-22-17(21)13-6-4-3-5-7-13/h3-4,8-11,13H,5-7,12H2,1-2H3,(H,18,20)/t13-/m0/s1. The highest BCUT2D eigenvalue weighted by Crippen LogP contribution is 2.19. The SMILES string of the molecule is CN(C)c1ccc(NC(=O)COC(=O)[C@H]2CC=CCC2)cc1. The average Bonchev–Trinajstić information content (AvgIpc) is 2.54.